The molecule has 148 valence electrons. The molecule has 9 heteroatoms. The van der Waals surface area contributed by atoms with Gasteiger partial charge >= 0.3 is 0 Å². The van der Waals surface area contributed by atoms with Gasteiger partial charge in [-0.05, 0) is 24.1 Å². The number of anilines is 2. The quantitative estimate of drug-likeness (QED) is 0.488. The number of aryl methyl sites for hydroxylation is 1. The van der Waals surface area contributed by atoms with Crippen molar-refractivity contribution in [2.24, 2.45) is 7.05 Å². The van der Waals surface area contributed by atoms with Crippen LogP contribution >= 0.6 is 0 Å². The Morgan fingerprint density at radius 2 is 1.59 bits per heavy atom. The van der Waals surface area contributed by atoms with E-state index < -0.39 is 10.0 Å². The minimum atomic E-state index is -3.84. The highest BCUT2D eigenvalue weighted by Crippen LogP contribution is 2.24. The topological polar surface area (TPSA) is 102 Å². The number of sulfonamides is 1. The summed E-state index contributed by atoms with van der Waals surface area (Å²) in [5.41, 5.74) is 2.45. The van der Waals surface area contributed by atoms with Gasteiger partial charge in [-0.1, -0.05) is 42.5 Å². The zero-order chi connectivity index (χ0) is 20.3. The lowest BCUT2D eigenvalue weighted by Gasteiger charge is -2.13. The number of aromatic nitrogens is 4. The molecule has 0 radical (unpaired) electrons. The molecule has 4 aromatic rings. The average Bonchev–Trinajstić information content (AvgIpc) is 3.16. The number of nitrogens with zero attached hydrogens (tertiary/aromatic N) is 4. The fraction of sp³-hybridized carbons (Fsp3) is 0.150. The highest BCUT2D eigenvalue weighted by Gasteiger charge is 2.20. The molecule has 0 fully saturated rings. The van der Waals surface area contributed by atoms with E-state index in [2.05, 4.69) is 25.1 Å². The van der Waals surface area contributed by atoms with Crippen molar-refractivity contribution in [3.05, 3.63) is 72.6 Å². The van der Waals surface area contributed by atoms with Crippen molar-refractivity contribution in [1.82, 2.24) is 19.7 Å². The second-order valence-electron chi connectivity index (χ2n) is 6.53. The first-order chi connectivity index (χ1) is 14.0. The SMILES string of the molecule is Cn1cc(S(=O)(=O)Nc2nc3ccccc3nc2NCCc2ccccc2)cn1. The van der Waals surface area contributed by atoms with Gasteiger partial charge in [-0.3, -0.25) is 9.40 Å². The highest BCUT2D eigenvalue weighted by molar-refractivity contribution is 7.92. The molecular weight excluding hydrogens is 388 g/mol. The van der Waals surface area contributed by atoms with Gasteiger partial charge in [-0.15, -0.1) is 0 Å². The Kier molecular flexibility index (Phi) is 5.13. The summed E-state index contributed by atoms with van der Waals surface area (Å²) >= 11 is 0. The van der Waals surface area contributed by atoms with Crippen LogP contribution in [0, 0.1) is 0 Å². The van der Waals surface area contributed by atoms with Crippen molar-refractivity contribution >= 4 is 32.7 Å². The molecular formula is C20H20N6O2S. The Morgan fingerprint density at radius 1 is 0.931 bits per heavy atom. The van der Waals surface area contributed by atoms with Crippen molar-refractivity contribution in [2.75, 3.05) is 16.6 Å². The molecule has 29 heavy (non-hydrogen) atoms. The molecule has 0 aliphatic carbocycles. The molecule has 2 aromatic heterocycles. The van der Waals surface area contributed by atoms with Gasteiger partial charge in [0.25, 0.3) is 10.0 Å². The molecule has 0 saturated carbocycles. The Bertz CT molecular complexity index is 1240. The minimum Gasteiger partial charge on any atom is -0.367 e. The molecule has 0 aliphatic heterocycles. The van der Waals surface area contributed by atoms with E-state index in [1.54, 1.807) is 13.1 Å². The first kappa shape index (κ1) is 18.9. The number of fused-ring (bicyclic) bond motifs is 1. The van der Waals surface area contributed by atoms with Crippen LogP contribution < -0.4 is 10.0 Å². The summed E-state index contributed by atoms with van der Waals surface area (Å²) in [6, 6.07) is 17.3. The highest BCUT2D eigenvalue weighted by atomic mass is 32.2. The molecule has 2 heterocycles. The number of nitrogens with one attached hydrogen (secondary N) is 2. The fourth-order valence-corrected chi connectivity index (χ4v) is 3.88. The van der Waals surface area contributed by atoms with Crippen molar-refractivity contribution < 1.29 is 8.42 Å². The van der Waals surface area contributed by atoms with Crippen molar-refractivity contribution in [3.63, 3.8) is 0 Å². The van der Waals surface area contributed by atoms with Gasteiger partial charge in [0, 0.05) is 19.8 Å². The predicted molar refractivity (Wildman–Crippen MR) is 112 cm³/mol. The molecule has 4 rings (SSSR count). The Balaban J connectivity index is 1.63. The van der Waals surface area contributed by atoms with Gasteiger partial charge in [0.05, 0.1) is 17.2 Å². The van der Waals surface area contributed by atoms with Crippen molar-refractivity contribution in [2.45, 2.75) is 11.3 Å². The van der Waals surface area contributed by atoms with E-state index in [9.17, 15) is 8.42 Å². The van der Waals surface area contributed by atoms with Gasteiger partial charge < -0.3 is 5.32 Å². The zero-order valence-corrected chi connectivity index (χ0v) is 16.6. The lowest BCUT2D eigenvalue weighted by atomic mass is 10.1. The van der Waals surface area contributed by atoms with Gasteiger partial charge in [0.2, 0.25) is 0 Å². The van der Waals surface area contributed by atoms with Crippen LogP contribution in [0.4, 0.5) is 11.6 Å². The first-order valence-corrected chi connectivity index (χ1v) is 10.6. The number of rotatable bonds is 7. The van der Waals surface area contributed by atoms with Gasteiger partial charge in [0.15, 0.2) is 11.6 Å². The van der Waals surface area contributed by atoms with Crippen molar-refractivity contribution in [1.29, 1.82) is 0 Å². The molecule has 0 unspecified atom stereocenters. The van der Waals surface area contributed by atoms with Gasteiger partial charge in [0.1, 0.15) is 4.90 Å². The third-order valence-corrected chi connectivity index (χ3v) is 5.64. The Labute approximate surface area is 168 Å². The van der Waals surface area contributed by atoms with Crippen LogP contribution in [-0.2, 0) is 23.5 Å². The molecule has 0 bridgehead atoms. The number of benzene rings is 2. The minimum absolute atomic E-state index is 0.0604. The summed E-state index contributed by atoms with van der Waals surface area (Å²) < 4.78 is 29.4. The van der Waals surface area contributed by atoms with E-state index in [0.717, 1.165) is 6.42 Å². The predicted octanol–water partition coefficient (Wildman–Crippen LogP) is 2.82. The largest absolute Gasteiger partial charge is 0.367 e. The maximum Gasteiger partial charge on any atom is 0.266 e. The Morgan fingerprint density at radius 3 is 2.24 bits per heavy atom. The van der Waals surface area contributed by atoms with E-state index in [-0.39, 0.29) is 10.7 Å². The molecule has 0 spiro atoms. The molecule has 0 atom stereocenters. The van der Waals surface area contributed by atoms with Crippen molar-refractivity contribution in [3.8, 4) is 0 Å². The summed E-state index contributed by atoms with van der Waals surface area (Å²) in [5, 5.41) is 7.14. The van der Waals surface area contributed by atoms with E-state index in [4.69, 9.17) is 0 Å². The molecule has 8 nitrogen and oxygen atoms in total. The molecule has 0 amide bonds. The lowest BCUT2D eigenvalue weighted by Crippen LogP contribution is -2.17. The van der Waals surface area contributed by atoms with E-state index in [1.807, 2.05) is 48.5 Å². The maximum atomic E-state index is 12.7. The summed E-state index contributed by atoms with van der Waals surface area (Å²) in [7, 11) is -2.18. The zero-order valence-electron chi connectivity index (χ0n) is 15.8. The summed E-state index contributed by atoms with van der Waals surface area (Å²) in [5.74, 6) is 0.535. The second-order valence-corrected chi connectivity index (χ2v) is 8.21. The molecule has 2 N–H and O–H groups in total. The first-order valence-electron chi connectivity index (χ1n) is 9.07. The molecule has 2 aromatic carbocycles. The normalized spacial score (nSPS) is 11.5. The van der Waals surface area contributed by atoms with Crippen LogP contribution in [0.5, 0.6) is 0 Å². The smallest absolute Gasteiger partial charge is 0.266 e. The van der Waals surface area contributed by atoms with Crippen LogP contribution in [-0.4, -0.2) is 34.7 Å². The standard InChI is InChI=1S/C20H20N6O2S/c1-26-14-16(13-22-26)29(27,28)25-20-19(21-12-11-15-7-3-2-4-8-15)23-17-9-5-6-10-18(17)24-20/h2-10,13-14H,11-12H2,1H3,(H,21,23)(H,24,25). The third-order valence-electron chi connectivity index (χ3n) is 4.34. The van der Waals surface area contributed by atoms with E-state index in [0.29, 0.717) is 23.4 Å². The number of hydrogen-bond acceptors (Lipinski definition) is 6. The van der Waals surface area contributed by atoms with Crippen LogP contribution in [0.1, 0.15) is 5.56 Å². The molecule has 0 saturated heterocycles. The molecule has 0 aliphatic rings. The van der Waals surface area contributed by atoms with Crippen LogP contribution in [0.3, 0.4) is 0 Å². The summed E-state index contributed by atoms with van der Waals surface area (Å²) in [4.78, 5) is 9.10. The van der Waals surface area contributed by atoms with Crippen LogP contribution in [0.15, 0.2) is 71.9 Å². The number of para-hydroxylation sites is 2. The van der Waals surface area contributed by atoms with Crippen LogP contribution in [0.25, 0.3) is 11.0 Å². The average molecular weight is 408 g/mol. The maximum absolute atomic E-state index is 12.7. The fourth-order valence-electron chi connectivity index (χ4n) is 2.89. The number of hydrogen-bond donors (Lipinski definition) is 2. The van der Waals surface area contributed by atoms with Gasteiger partial charge in [-0.25, -0.2) is 18.4 Å². The van der Waals surface area contributed by atoms with E-state index >= 15 is 0 Å². The van der Waals surface area contributed by atoms with Crippen LogP contribution in [0.2, 0.25) is 0 Å². The van der Waals surface area contributed by atoms with Gasteiger partial charge in [-0.2, -0.15) is 5.10 Å². The monoisotopic (exact) mass is 408 g/mol. The summed E-state index contributed by atoms with van der Waals surface area (Å²) in [6.07, 6.45) is 3.49. The Hall–Kier alpha value is -3.46. The third kappa shape index (κ3) is 4.35. The second kappa shape index (κ2) is 7.88. The lowest BCUT2D eigenvalue weighted by molar-refractivity contribution is 0.601. The van der Waals surface area contributed by atoms with E-state index in [1.165, 1.54) is 22.6 Å². The summed E-state index contributed by atoms with van der Waals surface area (Å²) in [6.45, 7) is 0.582.